The second-order valence-corrected chi connectivity index (χ2v) is 11.1. The van der Waals surface area contributed by atoms with E-state index in [1.807, 2.05) is 0 Å². The number of benzene rings is 2. The van der Waals surface area contributed by atoms with Crippen molar-refractivity contribution in [2.24, 2.45) is 0 Å². The van der Waals surface area contributed by atoms with Crippen LogP contribution in [0.25, 0.3) is 22.3 Å². The predicted molar refractivity (Wildman–Crippen MR) is 159 cm³/mol. The lowest BCUT2D eigenvalue weighted by molar-refractivity contribution is 0.0815. The van der Waals surface area contributed by atoms with Crippen molar-refractivity contribution >= 4 is 22.5 Å². The molecule has 0 bridgehead atoms. The minimum Gasteiger partial charge on any atom is -0.385 e. The number of nitrogen functional groups attached to an aromatic ring is 1. The minimum absolute atomic E-state index is 0.338. The van der Waals surface area contributed by atoms with Crippen molar-refractivity contribution in [3.05, 3.63) is 66.5 Å². The predicted octanol–water partition coefficient (Wildman–Crippen LogP) is 4.85. The number of aromatic nitrogens is 4. The SMILES string of the molecule is CN1CCN(C2CCC(n3nc(-c4ccc(NCCCc5ccccc5)cc4)c4c(N)ncnc43)CC2)CC1. The Kier molecular flexibility index (Phi) is 7.74. The van der Waals surface area contributed by atoms with E-state index in [9.17, 15) is 0 Å². The van der Waals surface area contributed by atoms with Gasteiger partial charge in [-0.25, -0.2) is 14.6 Å². The number of anilines is 2. The van der Waals surface area contributed by atoms with Crippen LogP contribution in [0, 0.1) is 0 Å². The Morgan fingerprint density at radius 3 is 2.33 bits per heavy atom. The number of hydrogen-bond acceptors (Lipinski definition) is 7. The Labute approximate surface area is 231 Å². The quantitative estimate of drug-likeness (QED) is 0.319. The highest BCUT2D eigenvalue weighted by molar-refractivity contribution is 5.98. The molecule has 2 aromatic heterocycles. The van der Waals surface area contributed by atoms with Gasteiger partial charge in [0.05, 0.1) is 11.4 Å². The average molecular weight is 525 g/mol. The maximum atomic E-state index is 6.40. The minimum atomic E-state index is 0.338. The van der Waals surface area contributed by atoms with E-state index < -0.39 is 0 Å². The third-order valence-electron chi connectivity index (χ3n) is 8.56. The first kappa shape index (κ1) is 25.8. The van der Waals surface area contributed by atoms with Crippen LogP contribution in [0.15, 0.2) is 60.9 Å². The molecule has 0 atom stereocenters. The third-order valence-corrected chi connectivity index (χ3v) is 8.56. The normalized spacial score (nSPS) is 20.8. The zero-order valence-corrected chi connectivity index (χ0v) is 23.0. The summed E-state index contributed by atoms with van der Waals surface area (Å²) in [5, 5.41) is 9.54. The van der Waals surface area contributed by atoms with E-state index in [-0.39, 0.29) is 0 Å². The standard InChI is InChI=1S/C31H40N8/c1-37-18-20-38(21-19-37)26-13-15-27(16-14-26)39-31-28(30(32)34-22-35-31)29(36-39)24-9-11-25(12-10-24)33-17-5-8-23-6-3-2-4-7-23/h2-4,6-7,9-12,22,26-27,33H,5,8,13-21H2,1H3,(H2,32,34,35). The molecule has 0 radical (unpaired) electrons. The van der Waals surface area contributed by atoms with E-state index in [1.165, 1.54) is 44.6 Å². The fourth-order valence-electron chi connectivity index (χ4n) is 6.22. The molecule has 1 aliphatic carbocycles. The molecule has 2 fully saturated rings. The van der Waals surface area contributed by atoms with Crippen molar-refractivity contribution in [2.45, 2.75) is 50.6 Å². The number of piperazine rings is 1. The lowest BCUT2D eigenvalue weighted by atomic mass is 9.90. The number of nitrogens with two attached hydrogens (primary N) is 1. The Balaban J connectivity index is 1.14. The number of likely N-dealkylation sites (N-methyl/N-ethyl adjacent to an activating group) is 1. The number of aryl methyl sites for hydroxylation is 1. The number of rotatable bonds is 8. The average Bonchev–Trinajstić information content (AvgIpc) is 3.38. The molecule has 6 rings (SSSR count). The van der Waals surface area contributed by atoms with E-state index in [4.69, 9.17) is 10.8 Å². The molecule has 0 spiro atoms. The lowest BCUT2D eigenvalue weighted by Gasteiger charge is -2.41. The van der Waals surface area contributed by atoms with Crippen LogP contribution in [-0.4, -0.2) is 75.4 Å². The van der Waals surface area contributed by atoms with Crippen LogP contribution in [0.5, 0.6) is 0 Å². The van der Waals surface area contributed by atoms with Gasteiger partial charge in [-0.15, -0.1) is 0 Å². The summed E-state index contributed by atoms with van der Waals surface area (Å²) in [5.41, 5.74) is 11.7. The van der Waals surface area contributed by atoms with Gasteiger partial charge < -0.3 is 16.0 Å². The molecule has 2 aromatic carbocycles. The van der Waals surface area contributed by atoms with E-state index in [1.54, 1.807) is 6.33 Å². The molecule has 4 aromatic rings. The molecule has 1 saturated heterocycles. The van der Waals surface area contributed by atoms with Crippen molar-refractivity contribution in [1.82, 2.24) is 29.5 Å². The lowest BCUT2D eigenvalue weighted by Crippen LogP contribution is -2.49. The first-order chi connectivity index (χ1) is 19.2. The topological polar surface area (TPSA) is 88.1 Å². The second kappa shape index (κ2) is 11.7. The van der Waals surface area contributed by atoms with Crippen LogP contribution in [-0.2, 0) is 6.42 Å². The zero-order valence-electron chi connectivity index (χ0n) is 23.0. The van der Waals surface area contributed by atoms with Crippen LogP contribution < -0.4 is 11.1 Å². The zero-order chi connectivity index (χ0) is 26.6. The highest BCUT2D eigenvalue weighted by atomic mass is 15.3. The van der Waals surface area contributed by atoms with Gasteiger partial charge >= 0.3 is 0 Å². The molecule has 8 nitrogen and oxygen atoms in total. The largest absolute Gasteiger partial charge is 0.385 e. The van der Waals surface area contributed by atoms with E-state index in [0.29, 0.717) is 17.9 Å². The molecule has 0 unspecified atom stereocenters. The highest BCUT2D eigenvalue weighted by Gasteiger charge is 2.30. The monoisotopic (exact) mass is 524 g/mol. The van der Waals surface area contributed by atoms with Crippen molar-refractivity contribution in [3.63, 3.8) is 0 Å². The molecular formula is C31H40N8. The Morgan fingerprint density at radius 1 is 0.872 bits per heavy atom. The second-order valence-electron chi connectivity index (χ2n) is 11.1. The van der Waals surface area contributed by atoms with Crippen LogP contribution in [0.1, 0.15) is 43.7 Å². The molecule has 1 saturated carbocycles. The molecule has 8 heteroatoms. The summed E-state index contributed by atoms with van der Waals surface area (Å²) in [7, 11) is 2.22. The van der Waals surface area contributed by atoms with Crippen molar-refractivity contribution < 1.29 is 0 Å². The summed E-state index contributed by atoms with van der Waals surface area (Å²) in [6, 6.07) is 20.2. The van der Waals surface area contributed by atoms with Gasteiger partial charge in [0.25, 0.3) is 0 Å². The third kappa shape index (κ3) is 5.77. The van der Waals surface area contributed by atoms with Gasteiger partial charge in [0.15, 0.2) is 5.65 Å². The Morgan fingerprint density at radius 2 is 1.59 bits per heavy atom. The molecule has 3 heterocycles. The Bertz CT molecular complexity index is 1350. The van der Waals surface area contributed by atoms with Crippen molar-refractivity contribution in [3.8, 4) is 11.3 Å². The van der Waals surface area contributed by atoms with Gasteiger partial charge in [-0.3, -0.25) is 4.90 Å². The molecule has 39 heavy (non-hydrogen) atoms. The van der Waals surface area contributed by atoms with Crippen LogP contribution in [0.2, 0.25) is 0 Å². The summed E-state index contributed by atoms with van der Waals surface area (Å²) >= 11 is 0. The number of nitrogens with zero attached hydrogens (tertiary/aromatic N) is 6. The van der Waals surface area contributed by atoms with Gasteiger partial charge in [-0.05, 0) is 63.3 Å². The molecule has 0 amide bonds. The van der Waals surface area contributed by atoms with Crippen molar-refractivity contribution in [2.75, 3.05) is 50.8 Å². The van der Waals surface area contributed by atoms with Gasteiger partial charge in [-0.1, -0.05) is 42.5 Å². The number of hydrogen-bond donors (Lipinski definition) is 2. The Hall–Kier alpha value is -3.49. The molecule has 2 aliphatic rings. The summed E-state index contributed by atoms with van der Waals surface area (Å²) in [6.45, 7) is 5.64. The summed E-state index contributed by atoms with van der Waals surface area (Å²) < 4.78 is 2.14. The van der Waals surface area contributed by atoms with Gasteiger partial charge in [0.2, 0.25) is 0 Å². The van der Waals surface area contributed by atoms with Gasteiger partial charge in [0, 0.05) is 50.0 Å². The summed E-state index contributed by atoms with van der Waals surface area (Å²) in [5.74, 6) is 0.496. The fraction of sp³-hybridized carbons (Fsp3) is 0.452. The van der Waals surface area contributed by atoms with Gasteiger partial charge in [-0.2, -0.15) is 5.10 Å². The first-order valence-electron chi connectivity index (χ1n) is 14.5. The number of fused-ring (bicyclic) bond motifs is 1. The first-order valence-corrected chi connectivity index (χ1v) is 14.5. The van der Waals surface area contributed by atoms with Gasteiger partial charge in [0.1, 0.15) is 17.8 Å². The van der Waals surface area contributed by atoms with E-state index >= 15 is 0 Å². The summed E-state index contributed by atoms with van der Waals surface area (Å²) in [4.78, 5) is 14.1. The van der Waals surface area contributed by atoms with E-state index in [0.717, 1.165) is 60.2 Å². The summed E-state index contributed by atoms with van der Waals surface area (Å²) in [6.07, 6.45) is 8.37. The molecule has 1 aliphatic heterocycles. The fourth-order valence-corrected chi connectivity index (χ4v) is 6.22. The molecular weight excluding hydrogens is 484 g/mol. The highest BCUT2D eigenvalue weighted by Crippen LogP contribution is 2.37. The van der Waals surface area contributed by atoms with Crippen molar-refractivity contribution in [1.29, 1.82) is 0 Å². The van der Waals surface area contributed by atoms with Crippen LogP contribution in [0.3, 0.4) is 0 Å². The van der Waals surface area contributed by atoms with Crippen LogP contribution >= 0.6 is 0 Å². The maximum absolute atomic E-state index is 6.40. The molecule has 3 N–H and O–H groups in total. The van der Waals surface area contributed by atoms with Crippen LogP contribution in [0.4, 0.5) is 11.5 Å². The van der Waals surface area contributed by atoms with E-state index in [2.05, 4.69) is 91.4 Å². The smallest absolute Gasteiger partial charge is 0.164 e. The maximum Gasteiger partial charge on any atom is 0.164 e. The molecule has 204 valence electrons. The number of nitrogens with one attached hydrogen (secondary N) is 1.